The second kappa shape index (κ2) is 8.03. The van der Waals surface area contributed by atoms with Crippen molar-refractivity contribution in [3.8, 4) is 17.2 Å². The maximum atomic E-state index is 13.7. The van der Waals surface area contributed by atoms with Gasteiger partial charge in [0.25, 0.3) is 5.91 Å². The molecule has 2 aromatic rings. The molecule has 1 amide bonds. The maximum absolute atomic E-state index is 13.7. The summed E-state index contributed by atoms with van der Waals surface area (Å²) in [5.41, 5.74) is -0.0322. The number of benzene rings is 2. The molecule has 0 aliphatic rings. The van der Waals surface area contributed by atoms with Gasteiger partial charge in [-0.15, -0.1) is 0 Å². The number of carbonyl (C=O) groups is 1. The quantitative estimate of drug-likeness (QED) is 0.797. The van der Waals surface area contributed by atoms with Crippen LogP contribution in [0.3, 0.4) is 0 Å². The summed E-state index contributed by atoms with van der Waals surface area (Å²) in [5, 5.41) is 2.60. The van der Waals surface area contributed by atoms with Gasteiger partial charge >= 0.3 is 0 Å². The van der Waals surface area contributed by atoms with E-state index in [1.807, 2.05) is 0 Å². The van der Waals surface area contributed by atoms with Crippen LogP contribution in [-0.4, -0.2) is 33.3 Å². The van der Waals surface area contributed by atoms with Crippen molar-refractivity contribution >= 4 is 5.91 Å². The molecule has 0 saturated heterocycles. The molecule has 0 unspecified atom stereocenters. The monoisotopic (exact) mass is 319 g/mol. The normalized spacial score (nSPS) is 10.0. The fourth-order valence-corrected chi connectivity index (χ4v) is 1.91. The van der Waals surface area contributed by atoms with Crippen molar-refractivity contribution in [2.45, 2.75) is 0 Å². The number of hydrogen-bond acceptors (Lipinski definition) is 4. The Hall–Kier alpha value is -2.76. The van der Waals surface area contributed by atoms with Gasteiger partial charge in [-0.3, -0.25) is 4.79 Å². The van der Waals surface area contributed by atoms with Crippen molar-refractivity contribution in [1.82, 2.24) is 5.32 Å². The first-order chi connectivity index (χ1) is 11.1. The molecule has 0 aliphatic carbocycles. The molecule has 2 aromatic carbocycles. The van der Waals surface area contributed by atoms with E-state index in [1.165, 1.54) is 25.3 Å². The van der Waals surface area contributed by atoms with Gasteiger partial charge in [0.2, 0.25) is 0 Å². The first-order valence-electron chi connectivity index (χ1n) is 7.02. The number of hydrogen-bond donors (Lipinski definition) is 1. The molecule has 0 atom stereocenters. The fourth-order valence-electron chi connectivity index (χ4n) is 1.91. The van der Waals surface area contributed by atoms with Gasteiger partial charge in [0, 0.05) is 6.07 Å². The van der Waals surface area contributed by atoms with E-state index < -0.39 is 11.7 Å². The molecular weight excluding hydrogens is 301 g/mol. The number of rotatable bonds is 7. The molecule has 23 heavy (non-hydrogen) atoms. The number of halogens is 1. The van der Waals surface area contributed by atoms with Gasteiger partial charge in [-0.05, 0) is 36.4 Å². The third kappa shape index (κ3) is 4.60. The predicted molar refractivity (Wildman–Crippen MR) is 83.8 cm³/mol. The fraction of sp³-hybridized carbons (Fsp3) is 0.235. The predicted octanol–water partition coefficient (Wildman–Crippen LogP) is 2.65. The van der Waals surface area contributed by atoms with Crippen molar-refractivity contribution in [2.24, 2.45) is 0 Å². The molecule has 122 valence electrons. The number of carbonyl (C=O) groups excluding carboxylic acids is 1. The highest BCUT2D eigenvalue weighted by Gasteiger charge is 2.12. The highest BCUT2D eigenvalue weighted by atomic mass is 19.1. The minimum absolute atomic E-state index is 0.0322. The highest BCUT2D eigenvalue weighted by Crippen LogP contribution is 2.17. The van der Waals surface area contributed by atoms with Gasteiger partial charge in [-0.1, -0.05) is 0 Å². The Morgan fingerprint density at radius 1 is 1.00 bits per heavy atom. The largest absolute Gasteiger partial charge is 0.497 e. The molecule has 0 spiro atoms. The molecule has 0 bridgehead atoms. The summed E-state index contributed by atoms with van der Waals surface area (Å²) in [5.74, 6) is 0.639. The molecule has 0 aromatic heterocycles. The second-order valence-electron chi connectivity index (χ2n) is 4.63. The molecule has 0 radical (unpaired) electrons. The highest BCUT2D eigenvalue weighted by molar-refractivity contribution is 5.94. The van der Waals surface area contributed by atoms with Crippen LogP contribution in [0.15, 0.2) is 42.5 Å². The second-order valence-corrected chi connectivity index (χ2v) is 4.63. The van der Waals surface area contributed by atoms with Gasteiger partial charge in [-0.2, -0.15) is 0 Å². The van der Waals surface area contributed by atoms with Crippen LogP contribution in [0.5, 0.6) is 17.2 Å². The zero-order chi connectivity index (χ0) is 16.7. The Balaban J connectivity index is 1.80. The first-order valence-corrected chi connectivity index (χ1v) is 7.02. The van der Waals surface area contributed by atoms with E-state index in [0.29, 0.717) is 11.5 Å². The van der Waals surface area contributed by atoms with Gasteiger partial charge in [0.15, 0.2) is 0 Å². The zero-order valence-corrected chi connectivity index (χ0v) is 13.0. The Morgan fingerprint density at radius 3 is 2.22 bits per heavy atom. The number of nitrogens with one attached hydrogen (secondary N) is 1. The van der Waals surface area contributed by atoms with Gasteiger partial charge < -0.3 is 19.5 Å². The van der Waals surface area contributed by atoms with E-state index in [4.69, 9.17) is 14.2 Å². The van der Waals surface area contributed by atoms with E-state index in [2.05, 4.69) is 5.32 Å². The lowest BCUT2D eigenvalue weighted by atomic mass is 10.2. The van der Waals surface area contributed by atoms with E-state index in [-0.39, 0.29) is 18.7 Å². The first kappa shape index (κ1) is 16.6. The molecule has 5 nitrogen and oxygen atoms in total. The summed E-state index contributed by atoms with van der Waals surface area (Å²) in [6.07, 6.45) is 0. The standard InChI is InChI=1S/C17H18FNO4/c1-21-12-3-5-13(6-4-12)23-10-9-19-17(20)15-8-7-14(22-2)11-16(15)18/h3-8,11H,9-10H2,1-2H3,(H,19,20). The van der Waals surface area contributed by atoms with Crippen LogP contribution < -0.4 is 19.5 Å². The molecule has 0 fully saturated rings. The zero-order valence-electron chi connectivity index (χ0n) is 13.0. The minimum Gasteiger partial charge on any atom is -0.497 e. The minimum atomic E-state index is -0.627. The molecular formula is C17H18FNO4. The molecule has 6 heteroatoms. The maximum Gasteiger partial charge on any atom is 0.254 e. The third-order valence-corrected chi connectivity index (χ3v) is 3.14. The van der Waals surface area contributed by atoms with Crippen LogP contribution in [0, 0.1) is 5.82 Å². The lowest BCUT2D eigenvalue weighted by Gasteiger charge is -2.09. The SMILES string of the molecule is COc1ccc(OCCNC(=O)c2ccc(OC)cc2F)cc1. The number of amides is 1. The molecule has 0 saturated carbocycles. The van der Waals surface area contributed by atoms with Gasteiger partial charge in [-0.25, -0.2) is 4.39 Å². The van der Waals surface area contributed by atoms with Crippen LogP contribution >= 0.6 is 0 Å². The summed E-state index contributed by atoms with van der Waals surface area (Å²) in [6, 6.07) is 11.2. The average molecular weight is 319 g/mol. The van der Waals surface area contributed by atoms with E-state index >= 15 is 0 Å². The topological polar surface area (TPSA) is 56.8 Å². The molecule has 0 aliphatic heterocycles. The van der Waals surface area contributed by atoms with Crippen molar-refractivity contribution in [3.63, 3.8) is 0 Å². The van der Waals surface area contributed by atoms with Crippen LogP contribution in [0.4, 0.5) is 4.39 Å². The van der Waals surface area contributed by atoms with Gasteiger partial charge in [0.1, 0.15) is 29.7 Å². The molecule has 2 rings (SSSR count). The average Bonchev–Trinajstić information content (AvgIpc) is 2.58. The summed E-state index contributed by atoms with van der Waals surface area (Å²) >= 11 is 0. The summed E-state index contributed by atoms with van der Waals surface area (Å²) in [6.45, 7) is 0.534. The van der Waals surface area contributed by atoms with Gasteiger partial charge in [0.05, 0.1) is 26.3 Å². The van der Waals surface area contributed by atoms with E-state index in [0.717, 1.165) is 5.75 Å². The summed E-state index contributed by atoms with van der Waals surface area (Å²) in [7, 11) is 3.02. The van der Waals surface area contributed by atoms with Crippen molar-refractivity contribution in [2.75, 3.05) is 27.4 Å². The van der Waals surface area contributed by atoms with Crippen LogP contribution in [0.25, 0.3) is 0 Å². The van der Waals surface area contributed by atoms with Crippen LogP contribution in [0.2, 0.25) is 0 Å². The van der Waals surface area contributed by atoms with Crippen molar-refractivity contribution in [1.29, 1.82) is 0 Å². The Morgan fingerprint density at radius 2 is 1.61 bits per heavy atom. The lowest BCUT2D eigenvalue weighted by Crippen LogP contribution is -2.28. The molecule has 0 heterocycles. The smallest absolute Gasteiger partial charge is 0.254 e. The summed E-state index contributed by atoms with van der Waals surface area (Å²) in [4.78, 5) is 11.9. The summed E-state index contributed by atoms with van der Waals surface area (Å²) < 4.78 is 29.2. The lowest BCUT2D eigenvalue weighted by molar-refractivity contribution is 0.0943. The van der Waals surface area contributed by atoms with Crippen LogP contribution in [0.1, 0.15) is 10.4 Å². The Labute approximate surface area is 134 Å². The van der Waals surface area contributed by atoms with Crippen molar-refractivity contribution < 1.29 is 23.4 Å². The van der Waals surface area contributed by atoms with E-state index in [9.17, 15) is 9.18 Å². The Bertz CT molecular complexity index is 658. The Kier molecular flexibility index (Phi) is 5.80. The van der Waals surface area contributed by atoms with Crippen molar-refractivity contribution in [3.05, 3.63) is 53.8 Å². The number of methoxy groups -OCH3 is 2. The third-order valence-electron chi connectivity index (χ3n) is 3.14. The number of ether oxygens (including phenoxy) is 3. The molecule has 1 N–H and O–H groups in total. The van der Waals surface area contributed by atoms with E-state index in [1.54, 1.807) is 31.4 Å². The van der Waals surface area contributed by atoms with Crippen LogP contribution in [-0.2, 0) is 0 Å².